The fraction of sp³-hybridized carbons (Fsp3) is 0.765. The van der Waals surface area contributed by atoms with Crippen LogP contribution in [0.4, 0.5) is 9.59 Å². The number of carbonyl (C=O) groups is 4. The molecule has 0 saturated carbocycles. The first-order valence-electron chi connectivity index (χ1n) is 9.26. The van der Waals surface area contributed by atoms with Gasteiger partial charge in [-0.15, -0.1) is 0 Å². The quantitative estimate of drug-likeness (QED) is 0.648. The third-order valence-electron chi connectivity index (χ3n) is 4.54. The highest BCUT2D eigenvalue weighted by atomic mass is 16.2. The van der Waals surface area contributed by atoms with Crippen LogP contribution < -0.4 is 10.6 Å². The molecule has 8 nitrogen and oxygen atoms in total. The molecule has 140 valence electrons. The van der Waals surface area contributed by atoms with E-state index in [1.54, 1.807) is 0 Å². The van der Waals surface area contributed by atoms with E-state index in [-0.39, 0.29) is 23.9 Å². The van der Waals surface area contributed by atoms with Crippen LogP contribution in [-0.2, 0) is 9.59 Å². The van der Waals surface area contributed by atoms with Gasteiger partial charge in [-0.05, 0) is 25.7 Å². The number of urea groups is 2. The standard InChI is InChI=1S/C17H28N4O4/c22-14(20-12-6-10-18-16(20)24)8-4-2-1-3-5-9-15(23)21-13-7-11-19-17(21)25/h1-13H2,(H,18,24)(H,19,25). The SMILES string of the molecule is O=C(CCCCCCCC(=O)N1CCCNC1=O)N1CCCNC1=O. The van der Waals surface area contributed by atoms with Crippen molar-refractivity contribution in [2.75, 3.05) is 26.2 Å². The zero-order valence-electron chi connectivity index (χ0n) is 14.7. The second kappa shape index (κ2) is 10.0. The number of amides is 6. The normalized spacial score (nSPS) is 17.9. The van der Waals surface area contributed by atoms with Crippen LogP contribution in [0.2, 0.25) is 0 Å². The van der Waals surface area contributed by atoms with Crippen molar-refractivity contribution in [3.8, 4) is 0 Å². The summed E-state index contributed by atoms with van der Waals surface area (Å²) in [5.74, 6) is -0.216. The predicted octanol–water partition coefficient (Wildman–Crippen LogP) is 1.60. The first-order chi connectivity index (χ1) is 12.1. The highest BCUT2D eigenvalue weighted by Gasteiger charge is 2.24. The molecule has 2 aliphatic rings. The maximum Gasteiger partial charge on any atom is 0.324 e. The number of hydrogen-bond acceptors (Lipinski definition) is 4. The Labute approximate surface area is 148 Å². The van der Waals surface area contributed by atoms with Crippen molar-refractivity contribution in [2.45, 2.75) is 57.8 Å². The Hall–Kier alpha value is -2.12. The molecule has 0 aliphatic carbocycles. The third-order valence-corrected chi connectivity index (χ3v) is 4.54. The number of rotatable bonds is 8. The fourth-order valence-electron chi connectivity index (χ4n) is 3.09. The maximum absolute atomic E-state index is 12.0. The molecule has 2 fully saturated rings. The van der Waals surface area contributed by atoms with Gasteiger partial charge in [-0.25, -0.2) is 9.59 Å². The molecule has 0 atom stereocenters. The highest BCUT2D eigenvalue weighted by Crippen LogP contribution is 2.11. The van der Waals surface area contributed by atoms with Gasteiger partial charge in [0.15, 0.2) is 0 Å². The summed E-state index contributed by atoms with van der Waals surface area (Å²) in [6.45, 7) is 2.30. The van der Waals surface area contributed by atoms with Crippen molar-refractivity contribution >= 4 is 23.9 Å². The van der Waals surface area contributed by atoms with Gasteiger partial charge in [0, 0.05) is 39.0 Å². The number of nitrogens with one attached hydrogen (secondary N) is 2. The number of imide groups is 2. The summed E-state index contributed by atoms with van der Waals surface area (Å²) >= 11 is 0. The Morgan fingerprint density at radius 1 is 0.720 bits per heavy atom. The molecule has 2 N–H and O–H groups in total. The largest absolute Gasteiger partial charge is 0.338 e. The van der Waals surface area contributed by atoms with Crippen LogP contribution in [-0.4, -0.2) is 59.9 Å². The lowest BCUT2D eigenvalue weighted by Crippen LogP contribution is -2.49. The summed E-state index contributed by atoms with van der Waals surface area (Å²) in [5.41, 5.74) is 0. The zero-order chi connectivity index (χ0) is 18.1. The molecular weight excluding hydrogens is 324 g/mol. The van der Waals surface area contributed by atoms with Crippen LogP contribution in [0.25, 0.3) is 0 Å². The first-order valence-corrected chi connectivity index (χ1v) is 9.26. The van der Waals surface area contributed by atoms with Gasteiger partial charge >= 0.3 is 12.1 Å². The highest BCUT2D eigenvalue weighted by molar-refractivity contribution is 5.95. The maximum atomic E-state index is 12.0. The van der Waals surface area contributed by atoms with Gasteiger partial charge in [-0.3, -0.25) is 19.4 Å². The minimum absolute atomic E-state index is 0.108. The molecule has 25 heavy (non-hydrogen) atoms. The summed E-state index contributed by atoms with van der Waals surface area (Å²) < 4.78 is 0. The van der Waals surface area contributed by atoms with Crippen LogP contribution >= 0.6 is 0 Å². The Balaban J connectivity index is 1.50. The fourth-order valence-corrected chi connectivity index (χ4v) is 3.09. The van der Waals surface area contributed by atoms with Gasteiger partial charge in [0.1, 0.15) is 0 Å². The van der Waals surface area contributed by atoms with Gasteiger partial charge in [-0.2, -0.15) is 0 Å². The van der Waals surface area contributed by atoms with Crippen LogP contribution in [0.15, 0.2) is 0 Å². The second-order valence-electron chi connectivity index (χ2n) is 6.53. The molecule has 2 rings (SSSR count). The molecule has 0 bridgehead atoms. The van der Waals surface area contributed by atoms with Crippen LogP contribution in [0, 0.1) is 0 Å². The first kappa shape index (κ1) is 19.2. The van der Waals surface area contributed by atoms with Crippen molar-refractivity contribution in [3.05, 3.63) is 0 Å². The molecular formula is C17H28N4O4. The monoisotopic (exact) mass is 352 g/mol. The molecule has 2 saturated heterocycles. The molecule has 0 aromatic heterocycles. The predicted molar refractivity (Wildman–Crippen MR) is 91.8 cm³/mol. The molecule has 8 heteroatoms. The van der Waals surface area contributed by atoms with E-state index in [2.05, 4.69) is 10.6 Å². The van der Waals surface area contributed by atoms with Crippen LogP contribution in [0.1, 0.15) is 57.8 Å². The topological polar surface area (TPSA) is 98.8 Å². The van der Waals surface area contributed by atoms with Crippen molar-refractivity contribution < 1.29 is 19.2 Å². The van der Waals surface area contributed by atoms with Gasteiger partial charge in [0.05, 0.1) is 0 Å². The minimum Gasteiger partial charge on any atom is -0.338 e. The number of unbranched alkanes of at least 4 members (excludes halogenated alkanes) is 4. The van der Waals surface area contributed by atoms with Crippen molar-refractivity contribution in [1.29, 1.82) is 0 Å². The summed E-state index contributed by atoms with van der Waals surface area (Å²) in [7, 11) is 0. The number of hydrogen-bond donors (Lipinski definition) is 2. The van der Waals surface area contributed by atoms with E-state index in [0.29, 0.717) is 39.0 Å². The Bertz CT molecular complexity index is 465. The molecule has 2 heterocycles. The van der Waals surface area contributed by atoms with Gasteiger partial charge < -0.3 is 10.6 Å². The molecule has 0 aromatic rings. The Kier molecular flexibility index (Phi) is 7.69. The van der Waals surface area contributed by atoms with E-state index in [1.807, 2.05) is 0 Å². The van der Waals surface area contributed by atoms with E-state index >= 15 is 0 Å². The van der Waals surface area contributed by atoms with Gasteiger partial charge in [-0.1, -0.05) is 19.3 Å². The van der Waals surface area contributed by atoms with E-state index in [0.717, 1.165) is 44.9 Å². The second-order valence-corrected chi connectivity index (χ2v) is 6.53. The average molecular weight is 352 g/mol. The molecule has 0 unspecified atom stereocenters. The lowest BCUT2D eigenvalue weighted by atomic mass is 10.1. The smallest absolute Gasteiger partial charge is 0.324 e. The lowest BCUT2D eigenvalue weighted by Gasteiger charge is -2.25. The third kappa shape index (κ3) is 6.03. The van der Waals surface area contributed by atoms with Gasteiger partial charge in [0.25, 0.3) is 0 Å². The van der Waals surface area contributed by atoms with Crippen LogP contribution in [0.5, 0.6) is 0 Å². The molecule has 6 amide bonds. The Morgan fingerprint density at radius 2 is 1.12 bits per heavy atom. The zero-order valence-corrected chi connectivity index (χ0v) is 14.7. The van der Waals surface area contributed by atoms with Gasteiger partial charge in [0.2, 0.25) is 11.8 Å². The molecule has 0 aromatic carbocycles. The summed E-state index contributed by atoms with van der Waals surface area (Å²) in [6, 6.07) is -0.562. The van der Waals surface area contributed by atoms with E-state index in [1.165, 1.54) is 9.80 Å². The van der Waals surface area contributed by atoms with Crippen molar-refractivity contribution in [2.24, 2.45) is 0 Å². The minimum atomic E-state index is -0.281. The van der Waals surface area contributed by atoms with Crippen molar-refractivity contribution in [1.82, 2.24) is 20.4 Å². The summed E-state index contributed by atoms with van der Waals surface area (Å²) in [6.07, 6.45) is 6.65. The van der Waals surface area contributed by atoms with E-state index in [9.17, 15) is 19.2 Å². The molecule has 0 spiro atoms. The van der Waals surface area contributed by atoms with E-state index in [4.69, 9.17) is 0 Å². The lowest BCUT2D eigenvalue weighted by molar-refractivity contribution is -0.129. The number of carbonyl (C=O) groups excluding carboxylic acids is 4. The number of nitrogens with zero attached hydrogens (tertiary/aromatic N) is 2. The molecule has 0 radical (unpaired) electrons. The Morgan fingerprint density at radius 3 is 1.52 bits per heavy atom. The van der Waals surface area contributed by atoms with Crippen molar-refractivity contribution in [3.63, 3.8) is 0 Å². The van der Waals surface area contributed by atoms with E-state index < -0.39 is 0 Å². The summed E-state index contributed by atoms with van der Waals surface area (Å²) in [4.78, 5) is 49.6. The average Bonchev–Trinajstić information content (AvgIpc) is 2.61. The van der Waals surface area contributed by atoms with Crippen LogP contribution in [0.3, 0.4) is 0 Å². The molecule has 2 aliphatic heterocycles. The summed E-state index contributed by atoms with van der Waals surface area (Å²) in [5, 5.41) is 5.35.